The van der Waals surface area contributed by atoms with Crippen molar-refractivity contribution >= 4 is 57.9 Å². The summed E-state index contributed by atoms with van der Waals surface area (Å²) in [7, 11) is 0. The molecule has 0 radical (unpaired) electrons. The van der Waals surface area contributed by atoms with Crippen LogP contribution in [0.4, 0.5) is 11.4 Å². The SMILES string of the molecule is O=C(CSc1ccc(NC(=O)c2cccs2)cc1)Nc1ccc(Cl)cc1. The summed E-state index contributed by atoms with van der Waals surface area (Å²) in [6.07, 6.45) is 0. The summed E-state index contributed by atoms with van der Waals surface area (Å²) in [5.74, 6) is 0.0823. The molecule has 0 aliphatic rings. The fraction of sp³-hybridized carbons (Fsp3) is 0.0526. The predicted octanol–water partition coefficient (Wildman–Crippen LogP) is 5.38. The van der Waals surface area contributed by atoms with E-state index in [1.165, 1.54) is 23.1 Å². The van der Waals surface area contributed by atoms with Crippen LogP contribution in [-0.2, 0) is 4.79 Å². The molecule has 2 aromatic carbocycles. The molecule has 2 amide bonds. The van der Waals surface area contributed by atoms with Gasteiger partial charge in [0.1, 0.15) is 0 Å². The molecule has 26 heavy (non-hydrogen) atoms. The minimum absolute atomic E-state index is 0.0904. The number of anilines is 2. The van der Waals surface area contributed by atoms with Gasteiger partial charge in [0.2, 0.25) is 5.91 Å². The summed E-state index contributed by atoms with van der Waals surface area (Å²) in [4.78, 5) is 25.6. The smallest absolute Gasteiger partial charge is 0.265 e. The van der Waals surface area contributed by atoms with Gasteiger partial charge in [-0.2, -0.15) is 0 Å². The Morgan fingerprint density at radius 2 is 1.58 bits per heavy atom. The van der Waals surface area contributed by atoms with Gasteiger partial charge in [0.25, 0.3) is 5.91 Å². The molecular weight excluding hydrogens is 388 g/mol. The van der Waals surface area contributed by atoms with Crippen LogP contribution >= 0.6 is 34.7 Å². The van der Waals surface area contributed by atoms with E-state index < -0.39 is 0 Å². The van der Waals surface area contributed by atoms with Crippen molar-refractivity contribution in [1.29, 1.82) is 0 Å². The van der Waals surface area contributed by atoms with E-state index in [1.54, 1.807) is 30.3 Å². The van der Waals surface area contributed by atoms with Gasteiger partial charge in [-0.3, -0.25) is 9.59 Å². The summed E-state index contributed by atoms with van der Waals surface area (Å²) >= 11 is 8.65. The molecule has 7 heteroatoms. The lowest BCUT2D eigenvalue weighted by Gasteiger charge is -2.07. The highest BCUT2D eigenvalue weighted by Crippen LogP contribution is 2.22. The van der Waals surface area contributed by atoms with Crippen LogP contribution in [0.2, 0.25) is 5.02 Å². The molecule has 3 rings (SSSR count). The first-order valence-corrected chi connectivity index (χ1v) is 9.97. The molecule has 4 nitrogen and oxygen atoms in total. The third kappa shape index (κ3) is 5.36. The maximum atomic E-state index is 12.0. The maximum absolute atomic E-state index is 12.0. The van der Waals surface area contributed by atoms with Gasteiger partial charge in [-0.25, -0.2) is 0 Å². The van der Waals surface area contributed by atoms with Crippen LogP contribution in [0.15, 0.2) is 70.9 Å². The Bertz CT molecular complexity index is 879. The number of rotatable bonds is 6. The van der Waals surface area contributed by atoms with Crippen molar-refractivity contribution in [2.24, 2.45) is 0 Å². The minimum atomic E-state index is -0.122. The minimum Gasteiger partial charge on any atom is -0.325 e. The van der Waals surface area contributed by atoms with Gasteiger partial charge < -0.3 is 10.6 Å². The average Bonchev–Trinajstić information content (AvgIpc) is 3.18. The molecular formula is C19H15ClN2O2S2. The van der Waals surface area contributed by atoms with Crippen LogP contribution in [0.3, 0.4) is 0 Å². The summed E-state index contributed by atoms with van der Waals surface area (Å²) in [5.41, 5.74) is 1.44. The van der Waals surface area contributed by atoms with E-state index in [0.29, 0.717) is 21.3 Å². The first-order valence-electron chi connectivity index (χ1n) is 7.73. The van der Waals surface area contributed by atoms with Gasteiger partial charge in [0, 0.05) is 21.3 Å². The molecule has 0 unspecified atom stereocenters. The lowest BCUT2D eigenvalue weighted by Crippen LogP contribution is -2.13. The zero-order valence-corrected chi connectivity index (χ0v) is 16.0. The third-order valence-corrected chi connectivity index (χ3v) is 5.49. The molecule has 0 bridgehead atoms. The lowest BCUT2D eigenvalue weighted by molar-refractivity contribution is -0.113. The molecule has 0 fully saturated rings. The third-order valence-electron chi connectivity index (χ3n) is 3.36. The monoisotopic (exact) mass is 402 g/mol. The first-order chi connectivity index (χ1) is 12.6. The largest absolute Gasteiger partial charge is 0.325 e. The Labute approximate surface area is 164 Å². The number of halogens is 1. The molecule has 0 aliphatic carbocycles. The van der Waals surface area contributed by atoms with Gasteiger partial charge in [0.05, 0.1) is 10.6 Å². The molecule has 0 spiro atoms. The Balaban J connectivity index is 1.48. The number of carbonyl (C=O) groups excluding carboxylic acids is 2. The van der Waals surface area contributed by atoms with Crippen LogP contribution in [0.5, 0.6) is 0 Å². The van der Waals surface area contributed by atoms with Crippen molar-refractivity contribution in [3.05, 3.63) is 75.9 Å². The second kappa shape index (κ2) is 8.89. The van der Waals surface area contributed by atoms with Crippen molar-refractivity contribution < 1.29 is 9.59 Å². The topological polar surface area (TPSA) is 58.2 Å². The summed E-state index contributed by atoms with van der Waals surface area (Å²) < 4.78 is 0. The highest BCUT2D eigenvalue weighted by Gasteiger charge is 2.07. The maximum Gasteiger partial charge on any atom is 0.265 e. The van der Waals surface area contributed by atoms with Crippen molar-refractivity contribution in [2.45, 2.75) is 4.90 Å². The van der Waals surface area contributed by atoms with Gasteiger partial charge >= 0.3 is 0 Å². The first kappa shape index (κ1) is 18.5. The van der Waals surface area contributed by atoms with E-state index in [1.807, 2.05) is 35.7 Å². The zero-order chi connectivity index (χ0) is 18.4. The molecule has 0 saturated heterocycles. The predicted molar refractivity (Wildman–Crippen MR) is 110 cm³/mol. The van der Waals surface area contributed by atoms with Gasteiger partial charge in [0.15, 0.2) is 0 Å². The van der Waals surface area contributed by atoms with Crippen LogP contribution < -0.4 is 10.6 Å². The summed E-state index contributed by atoms with van der Waals surface area (Å²) in [6, 6.07) is 18.0. The van der Waals surface area contributed by atoms with Crippen LogP contribution in [-0.4, -0.2) is 17.6 Å². The highest BCUT2D eigenvalue weighted by molar-refractivity contribution is 8.00. The van der Waals surface area contributed by atoms with Crippen LogP contribution in [0, 0.1) is 0 Å². The second-order valence-corrected chi connectivity index (χ2v) is 7.73. The van der Waals surface area contributed by atoms with E-state index in [9.17, 15) is 9.59 Å². The Morgan fingerprint density at radius 3 is 2.23 bits per heavy atom. The van der Waals surface area contributed by atoms with Gasteiger partial charge in [-0.15, -0.1) is 23.1 Å². The Hall–Kier alpha value is -2.28. The van der Waals surface area contributed by atoms with E-state index in [4.69, 9.17) is 11.6 Å². The number of hydrogen-bond donors (Lipinski definition) is 2. The number of nitrogens with one attached hydrogen (secondary N) is 2. The normalized spacial score (nSPS) is 10.3. The number of thiophene rings is 1. The number of thioether (sulfide) groups is 1. The molecule has 2 N–H and O–H groups in total. The number of carbonyl (C=O) groups is 2. The van der Waals surface area contributed by atoms with E-state index >= 15 is 0 Å². The van der Waals surface area contributed by atoms with Crippen molar-refractivity contribution in [3.8, 4) is 0 Å². The summed E-state index contributed by atoms with van der Waals surface area (Å²) in [6.45, 7) is 0. The molecule has 132 valence electrons. The highest BCUT2D eigenvalue weighted by atomic mass is 35.5. The Kier molecular flexibility index (Phi) is 6.33. The number of benzene rings is 2. The van der Waals surface area contributed by atoms with Crippen LogP contribution in [0.25, 0.3) is 0 Å². The quantitative estimate of drug-likeness (QED) is 0.544. The fourth-order valence-electron chi connectivity index (χ4n) is 2.11. The Morgan fingerprint density at radius 1 is 0.923 bits per heavy atom. The number of amides is 2. The van der Waals surface area contributed by atoms with E-state index in [0.717, 1.165) is 10.6 Å². The van der Waals surface area contributed by atoms with E-state index in [2.05, 4.69) is 10.6 Å². The standard InChI is InChI=1S/C19H15ClN2O2S2/c20-13-3-5-14(6-4-13)21-18(23)12-26-16-9-7-15(8-10-16)22-19(24)17-2-1-11-25-17/h1-11H,12H2,(H,21,23)(H,22,24). The second-order valence-electron chi connectivity index (χ2n) is 5.30. The van der Waals surface area contributed by atoms with Crippen molar-refractivity contribution in [2.75, 3.05) is 16.4 Å². The lowest BCUT2D eigenvalue weighted by atomic mass is 10.3. The average molecular weight is 403 g/mol. The van der Waals surface area contributed by atoms with Crippen LogP contribution in [0.1, 0.15) is 9.67 Å². The fourth-order valence-corrected chi connectivity index (χ4v) is 3.56. The molecule has 0 aliphatic heterocycles. The molecule has 0 saturated carbocycles. The molecule has 0 atom stereocenters. The van der Waals surface area contributed by atoms with Crippen molar-refractivity contribution in [1.82, 2.24) is 0 Å². The molecule has 1 heterocycles. The summed E-state index contributed by atoms with van der Waals surface area (Å²) in [5, 5.41) is 8.16. The number of hydrogen-bond acceptors (Lipinski definition) is 4. The van der Waals surface area contributed by atoms with E-state index in [-0.39, 0.29) is 11.8 Å². The van der Waals surface area contributed by atoms with Gasteiger partial charge in [-0.1, -0.05) is 17.7 Å². The zero-order valence-electron chi connectivity index (χ0n) is 13.6. The molecule has 3 aromatic rings. The van der Waals surface area contributed by atoms with Gasteiger partial charge in [-0.05, 0) is 60.0 Å². The molecule has 1 aromatic heterocycles. The van der Waals surface area contributed by atoms with Crippen molar-refractivity contribution in [3.63, 3.8) is 0 Å².